The van der Waals surface area contributed by atoms with E-state index in [1.54, 1.807) is 0 Å². The zero-order valence-electron chi connectivity index (χ0n) is 14.3. The molecule has 0 N–H and O–H groups in total. The molecular formula is C21H23NO3. The number of benzene rings is 2. The van der Waals surface area contributed by atoms with Crippen LogP contribution in [0.25, 0.3) is 0 Å². The third kappa shape index (κ3) is 3.54. The highest BCUT2D eigenvalue weighted by molar-refractivity contribution is 5.62. The molecule has 0 aliphatic carbocycles. The van der Waals surface area contributed by atoms with Crippen LogP contribution < -0.4 is 0 Å². The molecule has 0 saturated carbocycles. The first-order valence-corrected chi connectivity index (χ1v) is 8.92. The van der Waals surface area contributed by atoms with Crippen molar-refractivity contribution in [1.82, 2.24) is 4.90 Å². The van der Waals surface area contributed by atoms with Crippen LogP contribution in [0.2, 0.25) is 0 Å². The highest BCUT2D eigenvalue weighted by Gasteiger charge is 2.44. The van der Waals surface area contributed by atoms with Crippen molar-refractivity contribution in [2.75, 3.05) is 26.2 Å². The summed E-state index contributed by atoms with van der Waals surface area (Å²) in [5.74, 6) is 0.346. The molecule has 25 heavy (non-hydrogen) atoms. The van der Waals surface area contributed by atoms with E-state index in [4.69, 9.17) is 9.47 Å². The second kappa shape index (κ2) is 6.89. The van der Waals surface area contributed by atoms with Gasteiger partial charge in [-0.15, -0.1) is 0 Å². The average molecular weight is 337 g/mol. The maximum Gasteiger partial charge on any atom is 0.509 e. The van der Waals surface area contributed by atoms with E-state index in [0.717, 1.165) is 32.5 Å². The quantitative estimate of drug-likeness (QED) is 0.795. The Bertz CT molecular complexity index is 669. The largest absolute Gasteiger partial charge is 0.509 e. The van der Waals surface area contributed by atoms with Crippen molar-refractivity contribution in [1.29, 1.82) is 0 Å². The molecule has 4 nitrogen and oxygen atoms in total. The molecule has 0 bridgehead atoms. The van der Waals surface area contributed by atoms with E-state index in [0.29, 0.717) is 12.5 Å². The van der Waals surface area contributed by atoms with Crippen LogP contribution in [0.15, 0.2) is 60.7 Å². The van der Waals surface area contributed by atoms with Crippen LogP contribution in [0.4, 0.5) is 4.79 Å². The fraction of sp³-hybridized carbons (Fsp3) is 0.381. The minimum Gasteiger partial charge on any atom is -0.430 e. The van der Waals surface area contributed by atoms with Gasteiger partial charge in [0.05, 0.1) is 0 Å². The Labute approximate surface area is 148 Å². The van der Waals surface area contributed by atoms with Gasteiger partial charge in [-0.3, -0.25) is 0 Å². The summed E-state index contributed by atoms with van der Waals surface area (Å²) in [6.07, 6.45) is 1.17. The van der Waals surface area contributed by atoms with Gasteiger partial charge in [-0.2, -0.15) is 0 Å². The smallest absolute Gasteiger partial charge is 0.430 e. The van der Waals surface area contributed by atoms with Crippen LogP contribution in [0, 0.1) is 0 Å². The SMILES string of the molecule is O=C1OCC2(CCN(CC(c3ccccc3)c3ccccc3)CC2)O1. The Morgan fingerprint density at radius 2 is 1.48 bits per heavy atom. The van der Waals surface area contributed by atoms with Crippen LogP contribution in [0.1, 0.15) is 29.9 Å². The molecule has 0 amide bonds. The summed E-state index contributed by atoms with van der Waals surface area (Å²) in [5.41, 5.74) is 2.29. The number of piperidine rings is 1. The highest BCUT2D eigenvalue weighted by Crippen LogP contribution is 2.33. The first-order valence-electron chi connectivity index (χ1n) is 8.92. The van der Waals surface area contributed by atoms with Gasteiger partial charge in [-0.1, -0.05) is 60.7 Å². The summed E-state index contributed by atoms with van der Waals surface area (Å²) in [6.45, 7) is 3.22. The first kappa shape index (κ1) is 16.2. The van der Waals surface area contributed by atoms with Crippen molar-refractivity contribution in [2.24, 2.45) is 0 Å². The maximum absolute atomic E-state index is 11.3. The third-order valence-corrected chi connectivity index (χ3v) is 5.36. The summed E-state index contributed by atoms with van der Waals surface area (Å²) in [7, 11) is 0. The van der Waals surface area contributed by atoms with Crippen molar-refractivity contribution >= 4 is 6.16 Å². The van der Waals surface area contributed by atoms with Crippen molar-refractivity contribution < 1.29 is 14.3 Å². The molecule has 2 aliphatic rings. The molecule has 4 rings (SSSR count). The minimum absolute atomic E-state index is 0.346. The third-order valence-electron chi connectivity index (χ3n) is 5.36. The normalized spacial score (nSPS) is 19.8. The zero-order valence-corrected chi connectivity index (χ0v) is 14.3. The summed E-state index contributed by atoms with van der Waals surface area (Å²) in [4.78, 5) is 13.8. The lowest BCUT2D eigenvalue weighted by Crippen LogP contribution is -2.47. The summed E-state index contributed by atoms with van der Waals surface area (Å²) in [6, 6.07) is 21.3. The van der Waals surface area contributed by atoms with E-state index < -0.39 is 6.16 Å². The number of rotatable bonds is 4. The molecule has 0 aromatic heterocycles. The number of ether oxygens (including phenoxy) is 2. The van der Waals surface area contributed by atoms with E-state index in [1.807, 2.05) is 0 Å². The Balaban J connectivity index is 1.48. The molecule has 1 spiro atoms. The van der Waals surface area contributed by atoms with Gasteiger partial charge in [-0.25, -0.2) is 4.79 Å². The average Bonchev–Trinajstić information content (AvgIpc) is 3.03. The Kier molecular flexibility index (Phi) is 4.45. The van der Waals surface area contributed by atoms with Gasteiger partial charge in [0.1, 0.15) is 6.61 Å². The van der Waals surface area contributed by atoms with E-state index in [9.17, 15) is 4.79 Å². The van der Waals surface area contributed by atoms with E-state index in [1.165, 1.54) is 11.1 Å². The van der Waals surface area contributed by atoms with Crippen molar-refractivity contribution in [2.45, 2.75) is 24.4 Å². The van der Waals surface area contributed by atoms with Gasteiger partial charge in [0.25, 0.3) is 0 Å². The van der Waals surface area contributed by atoms with Crippen LogP contribution in [0.3, 0.4) is 0 Å². The lowest BCUT2D eigenvalue weighted by molar-refractivity contribution is -0.000272. The van der Waals surface area contributed by atoms with Crippen LogP contribution in [0.5, 0.6) is 0 Å². The molecule has 2 fully saturated rings. The standard InChI is InChI=1S/C21H23NO3/c23-20-24-16-21(25-20)11-13-22(14-12-21)15-19(17-7-3-1-4-8-17)18-9-5-2-6-10-18/h1-10,19H,11-16H2. The first-order chi connectivity index (χ1) is 12.2. The fourth-order valence-corrected chi connectivity index (χ4v) is 3.85. The summed E-state index contributed by atoms with van der Waals surface area (Å²) < 4.78 is 10.4. The molecule has 0 unspecified atom stereocenters. The van der Waals surface area contributed by atoms with Crippen molar-refractivity contribution in [3.05, 3.63) is 71.8 Å². The molecule has 0 radical (unpaired) electrons. The molecule has 130 valence electrons. The predicted octanol–water partition coefficient (Wildman–Crippen LogP) is 3.82. The van der Waals surface area contributed by atoms with Gasteiger partial charge in [0, 0.05) is 38.4 Å². The molecule has 2 aromatic carbocycles. The topological polar surface area (TPSA) is 38.8 Å². The van der Waals surface area contributed by atoms with Gasteiger partial charge in [0.15, 0.2) is 5.60 Å². The molecular weight excluding hydrogens is 314 g/mol. The highest BCUT2D eigenvalue weighted by atomic mass is 16.8. The van der Waals surface area contributed by atoms with Crippen LogP contribution >= 0.6 is 0 Å². The monoisotopic (exact) mass is 337 g/mol. The van der Waals surface area contributed by atoms with Gasteiger partial charge < -0.3 is 14.4 Å². The summed E-state index contributed by atoms with van der Waals surface area (Å²) >= 11 is 0. The molecule has 2 heterocycles. The number of carbonyl (C=O) groups excluding carboxylic acids is 1. The number of likely N-dealkylation sites (tertiary alicyclic amines) is 1. The number of cyclic esters (lactones) is 1. The van der Waals surface area contributed by atoms with Crippen LogP contribution in [-0.4, -0.2) is 42.9 Å². The molecule has 2 aromatic rings. The zero-order chi connectivity index (χ0) is 17.1. The predicted molar refractivity (Wildman–Crippen MR) is 95.6 cm³/mol. The lowest BCUT2D eigenvalue weighted by Gasteiger charge is -2.38. The molecule has 2 aliphatic heterocycles. The lowest BCUT2D eigenvalue weighted by atomic mass is 9.88. The van der Waals surface area contributed by atoms with Crippen molar-refractivity contribution in [3.63, 3.8) is 0 Å². The van der Waals surface area contributed by atoms with Gasteiger partial charge in [0.2, 0.25) is 0 Å². The number of carbonyl (C=O) groups is 1. The molecule has 4 heteroatoms. The number of hydrogen-bond acceptors (Lipinski definition) is 4. The van der Waals surface area contributed by atoms with Crippen molar-refractivity contribution in [3.8, 4) is 0 Å². The Morgan fingerprint density at radius 3 is 1.96 bits per heavy atom. The number of hydrogen-bond donors (Lipinski definition) is 0. The Morgan fingerprint density at radius 1 is 0.920 bits per heavy atom. The second-order valence-corrected chi connectivity index (χ2v) is 7.00. The van der Waals surface area contributed by atoms with Gasteiger partial charge >= 0.3 is 6.16 Å². The number of nitrogens with zero attached hydrogens (tertiary/aromatic N) is 1. The van der Waals surface area contributed by atoms with Gasteiger partial charge in [-0.05, 0) is 11.1 Å². The minimum atomic E-state index is -0.514. The molecule has 2 saturated heterocycles. The summed E-state index contributed by atoms with van der Waals surface area (Å²) in [5, 5.41) is 0. The van der Waals surface area contributed by atoms with E-state index in [-0.39, 0.29) is 5.60 Å². The second-order valence-electron chi connectivity index (χ2n) is 7.00. The van der Waals surface area contributed by atoms with E-state index >= 15 is 0 Å². The van der Waals surface area contributed by atoms with Crippen LogP contribution in [-0.2, 0) is 9.47 Å². The molecule has 0 atom stereocenters. The fourth-order valence-electron chi connectivity index (χ4n) is 3.85. The van der Waals surface area contributed by atoms with E-state index in [2.05, 4.69) is 65.6 Å². The Hall–Kier alpha value is -2.33. The maximum atomic E-state index is 11.3.